The molecule has 0 saturated heterocycles. The van der Waals surface area contributed by atoms with Crippen LogP contribution in [0.4, 0.5) is 0 Å². The predicted molar refractivity (Wildman–Crippen MR) is 117 cm³/mol. The number of carboxylic acid groups (broad SMARTS) is 3. The fourth-order valence-electron chi connectivity index (χ4n) is 2.71. The maximum atomic E-state index is 11.2. The first-order chi connectivity index (χ1) is 16.2. The Kier molecular flexibility index (Phi) is 7.02. The summed E-state index contributed by atoms with van der Waals surface area (Å²) in [5.74, 6) is 7.17. The normalized spacial score (nSPS) is 9.53. The Bertz CT molecular complexity index is 1420. The first kappa shape index (κ1) is 23.3. The van der Waals surface area contributed by atoms with Gasteiger partial charge in [0.25, 0.3) is 6.47 Å². The van der Waals surface area contributed by atoms with E-state index in [2.05, 4.69) is 28.7 Å². The van der Waals surface area contributed by atoms with Crippen molar-refractivity contribution in [2.45, 2.75) is 0 Å². The molecule has 0 unspecified atom stereocenters. The largest absolute Gasteiger partial charge is 0.478 e. The molecular formula is C25H13NO8. The van der Waals surface area contributed by atoms with E-state index in [-0.39, 0.29) is 45.7 Å². The molecule has 0 atom stereocenters. The molecule has 0 saturated carbocycles. The molecule has 0 fully saturated rings. The zero-order valence-electron chi connectivity index (χ0n) is 17.1. The van der Waals surface area contributed by atoms with Gasteiger partial charge in [-0.05, 0) is 60.4 Å². The molecule has 0 amide bonds. The van der Waals surface area contributed by atoms with Crippen molar-refractivity contribution in [1.29, 1.82) is 0 Å². The van der Waals surface area contributed by atoms with Gasteiger partial charge in [-0.1, -0.05) is 17.9 Å². The number of carboxylic acids is 3. The summed E-state index contributed by atoms with van der Waals surface area (Å²) in [5.41, 5.74) is 0.521. The van der Waals surface area contributed by atoms with Crippen LogP contribution in [-0.4, -0.2) is 44.7 Å². The molecule has 1 heterocycles. The first-order valence-electron chi connectivity index (χ1n) is 9.36. The fraction of sp³-hybridized carbons (Fsp3) is 0. The van der Waals surface area contributed by atoms with Crippen molar-refractivity contribution in [2.24, 2.45) is 0 Å². The summed E-state index contributed by atoms with van der Waals surface area (Å²) in [5, 5.41) is 27.5. The molecule has 34 heavy (non-hydrogen) atoms. The second kappa shape index (κ2) is 10.3. The number of benzene rings is 2. The van der Waals surface area contributed by atoms with Gasteiger partial charge < -0.3 is 20.1 Å². The number of carbonyl (C=O) groups excluding carboxylic acids is 1. The molecule has 0 spiro atoms. The highest BCUT2D eigenvalue weighted by Gasteiger charge is 2.10. The number of nitrogens with zero attached hydrogens (tertiary/aromatic N) is 1. The Labute approximate surface area is 192 Å². The molecule has 0 bridgehead atoms. The molecule has 3 rings (SSSR count). The van der Waals surface area contributed by atoms with Crippen molar-refractivity contribution in [3.63, 3.8) is 0 Å². The minimum absolute atomic E-state index is 0.0242. The number of carbonyl (C=O) groups is 4. The summed E-state index contributed by atoms with van der Waals surface area (Å²) in [7, 11) is 0. The smallest absolute Gasteiger partial charge is 0.335 e. The molecule has 3 N–H and O–H groups in total. The van der Waals surface area contributed by atoms with Crippen molar-refractivity contribution in [2.75, 3.05) is 0 Å². The van der Waals surface area contributed by atoms with E-state index in [1.165, 1.54) is 30.3 Å². The van der Waals surface area contributed by atoms with E-state index in [1.807, 2.05) is 0 Å². The highest BCUT2D eigenvalue weighted by Crippen LogP contribution is 2.17. The van der Waals surface area contributed by atoms with Gasteiger partial charge in [0, 0.05) is 11.1 Å². The number of rotatable bonds is 5. The number of aromatic nitrogens is 1. The van der Waals surface area contributed by atoms with Crippen LogP contribution in [0.15, 0.2) is 54.6 Å². The molecular weight excluding hydrogens is 442 g/mol. The van der Waals surface area contributed by atoms with Gasteiger partial charge in [-0.15, -0.1) is 0 Å². The van der Waals surface area contributed by atoms with E-state index < -0.39 is 17.9 Å². The predicted octanol–water partition coefficient (Wildman–Crippen LogP) is 2.51. The monoisotopic (exact) mass is 455 g/mol. The molecule has 2 aromatic carbocycles. The second-order valence-electron chi connectivity index (χ2n) is 6.58. The third kappa shape index (κ3) is 6.06. The summed E-state index contributed by atoms with van der Waals surface area (Å²) in [4.78, 5) is 48.5. The SMILES string of the molecule is O=COc1cc(C#Cc2cccc(C#Cc3cc(C(=O)O)cc(C(=O)O)c3)n2)cc(C(=O)O)c1. The number of hydrogen-bond acceptors (Lipinski definition) is 6. The quantitative estimate of drug-likeness (QED) is 0.389. The van der Waals surface area contributed by atoms with E-state index >= 15 is 0 Å². The average molecular weight is 455 g/mol. The van der Waals surface area contributed by atoms with Crippen molar-refractivity contribution in [3.8, 4) is 29.4 Å². The van der Waals surface area contributed by atoms with Crippen molar-refractivity contribution in [1.82, 2.24) is 4.98 Å². The Hall–Kier alpha value is -5.41. The molecule has 0 aliphatic heterocycles. The van der Waals surface area contributed by atoms with Crippen LogP contribution in [0.2, 0.25) is 0 Å². The highest BCUT2D eigenvalue weighted by atomic mass is 16.5. The lowest BCUT2D eigenvalue weighted by Crippen LogP contribution is -2.03. The molecule has 166 valence electrons. The molecule has 0 aliphatic carbocycles. The van der Waals surface area contributed by atoms with Crippen LogP contribution in [-0.2, 0) is 4.79 Å². The van der Waals surface area contributed by atoms with Gasteiger partial charge in [0.1, 0.15) is 17.1 Å². The summed E-state index contributed by atoms with van der Waals surface area (Å²) >= 11 is 0. The Morgan fingerprint density at radius 1 is 0.706 bits per heavy atom. The third-order valence-electron chi connectivity index (χ3n) is 4.18. The lowest BCUT2D eigenvalue weighted by atomic mass is 10.1. The first-order valence-corrected chi connectivity index (χ1v) is 9.36. The summed E-state index contributed by atoms with van der Waals surface area (Å²) in [6, 6.07) is 12.2. The zero-order chi connectivity index (χ0) is 24.7. The van der Waals surface area contributed by atoms with Gasteiger partial charge in [0.15, 0.2) is 0 Å². The summed E-state index contributed by atoms with van der Waals surface area (Å²) in [6.07, 6.45) is 0. The number of ether oxygens (including phenoxy) is 1. The molecule has 0 aliphatic rings. The van der Waals surface area contributed by atoms with Gasteiger partial charge in [0.2, 0.25) is 0 Å². The molecule has 1 aromatic heterocycles. The Morgan fingerprint density at radius 3 is 1.65 bits per heavy atom. The maximum Gasteiger partial charge on any atom is 0.335 e. The van der Waals surface area contributed by atoms with Crippen molar-refractivity contribution < 1.29 is 39.2 Å². The van der Waals surface area contributed by atoms with E-state index in [0.29, 0.717) is 5.69 Å². The highest BCUT2D eigenvalue weighted by molar-refractivity contribution is 5.94. The Balaban J connectivity index is 1.92. The van der Waals surface area contributed by atoms with Gasteiger partial charge >= 0.3 is 17.9 Å². The van der Waals surface area contributed by atoms with E-state index in [4.69, 9.17) is 14.9 Å². The standard InChI is InChI=1S/C25H13NO8/c27-14-34-22-11-16(10-19(13-22)25(32)33)5-7-21-3-1-2-20(26-21)6-4-15-8-17(23(28)29)12-18(9-15)24(30)31/h1-3,8-14H,(H,28,29)(H,30,31)(H,32,33). The number of pyridine rings is 1. The van der Waals surface area contributed by atoms with Crippen LogP contribution in [0.1, 0.15) is 53.6 Å². The molecule has 3 aromatic rings. The van der Waals surface area contributed by atoms with Crippen molar-refractivity contribution in [3.05, 3.63) is 93.8 Å². The average Bonchev–Trinajstić information content (AvgIpc) is 2.81. The minimum Gasteiger partial charge on any atom is -0.478 e. The number of aromatic carboxylic acids is 3. The van der Waals surface area contributed by atoms with E-state index in [0.717, 1.165) is 6.07 Å². The van der Waals surface area contributed by atoms with Crippen LogP contribution in [0.5, 0.6) is 5.75 Å². The van der Waals surface area contributed by atoms with Crippen LogP contribution in [0.3, 0.4) is 0 Å². The van der Waals surface area contributed by atoms with Crippen LogP contribution in [0.25, 0.3) is 0 Å². The molecule has 9 nitrogen and oxygen atoms in total. The summed E-state index contributed by atoms with van der Waals surface area (Å²) in [6.45, 7) is 0.174. The van der Waals surface area contributed by atoms with Gasteiger partial charge in [-0.25, -0.2) is 19.4 Å². The minimum atomic E-state index is -1.28. The third-order valence-corrected chi connectivity index (χ3v) is 4.18. The van der Waals surface area contributed by atoms with Gasteiger partial charge in [-0.3, -0.25) is 4.79 Å². The lowest BCUT2D eigenvalue weighted by molar-refractivity contribution is -0.120. The van der Waals surface area contributed by atoms with Gasteiger partial charge in [-0.2, -0.15) is 0 Å². The topological polar surface area (TPSA) is 151 Å². The molecule has 9 heteroatoms. The van der Waals surface area contributed by atoms with Crippen LogP contribution >= 0.6 is 0 Å². The zero-order valence-corrected chi connectivity index (χ0v) is 17.1. The Morgan fingerprint density at radius 2 is 1.18 bits per heavy atom. The van der Waals surface area contributed by atoms with Crippen LogP contribution in [0, 0.1) is 23.7 Å². The fourth-order valence-corrected chi connectivity index (χ4v) is 2.71. The molecule has 0 radical (unpaired) electrons. The van der Waals surface area contributed by atoms with E-state index in [1.54, 1.807) is 18.2 Å². The van der Waals surface area contributed by atoms with Crippen molar-refractivity contribution >= 4 is 24.4 Å². The summed E-state index contributed by atoms with van der Waals surface area (Å²) < 4.78 is 4.71. The lowest BCUT2D eigenvalue weighted by Gasteiger charge is -2.01. The number of hydrogen-bond donors (Lipinski definition) is 3. The second-order valence-corrected chi connectivity index (χ2v) is 6.58. The van der Waals surface area contributed by atoms with Gasteiger partial charge in [0.05, 0.1) is 16.7 Å². The van der Waals surface area contributed by atoms with E-state index in [9.17, 15) is 24.3 Å². The van der Waals surface area contributed by atoms with Crippen LogP contribution < -0.4 is 4.74 Å². The maximum absolute atomic E-state index is 11.2.